The number of hydrogen-bond donors (Lipinski definition) is 3. The molecule has 4 nitrogen and oxygen atoms in total. The summed E-state index contributed by atoms with van der Waals surface area (Å²) in [5.41, 5.74) is 5.32. The van der Waals surface area contributed by atoms with Gasteiger partial charge in [0.15, 0.2) is 5.72 Å². The van der Waals surface area contributed by atoms with Crippen LogP contribution in [0, 0.1) is 0 Å². The number of pyridine rings is 1. The van der Waals surface area contributed by atoms with E-state index in [2.05, 4.69) is 9.97 Å². The van der Waals surface area contributed by atoms with Crippen LogP contribution in [0.2, 0.25) is 0 Å². The maximum Gasteiger partial charge on any atom is 0.153 e. The SMILES string of the molecule is CC(N)(O)c1ccc2cc[nH]c2n1. The molecule has 0 spiro atoms. The Balaban J connectivity index is 2.61. The zero-order chi connectivity index (χ0) is 9.47. The van der Waals surface area contributed by atoms with Crippen molar-refractivity contribution in [2.45, 2.75) is 12.6 Å². The lowest BCUT2D eigenvalue weighted by molar-refractivity contribution is 0.0603. The minimum Gasteiger partial charge on any atom is -0.370 e. The van der Waals surface area contributed by atoms with Crippen LogP contribution in [0.3, 0.4) is 0 Å². The summed E-state index contributed by atoms with van der Waals surface area (Å²) in [5, 5.41) is 10.5. The van der Waals surface area contributed by atoms with E-state index in [1.165, 1.54) is 6.92 Å². The van der Waals surface area contributed by atoms with Gasteiger partial charge in [0, 0.05) is 11.6 Å². The third-order valence-corrected chi connectivity index (χ3v) is 1.93. The van der Waals surface area contributed by atoms with Crippen molar-refractivity contribution >= 4 is 11.0 Å². The molecular formula is C9H11N3O. The van der Waals surface area contributed by atoms with Crippen LogP contribution in [0.5, 0.6) is 0 Å². The second-order valence-corrected chi connectivity index (χ2v) is 3.26. The highest BCUT2D eigenvalue weighted by Crippen LogP contribution is 2.16. The van der Waals surface area contributed by atoms with E-state index in [4.69, 9.17) is 5.73 Å². The van der Waals surface area contributed by atoms with Crippen LogP contribution < -0.4 is 5.73 Å². The molecule has 2 aromatic heterocycles. The van der Waals surface area contributed by atoms with Crippen molar-refractivity contribution in [3.05, 3.63) is 30.1 Å². The Kier molecular flexibility index (Phi) is 1.61. The molecule has 68 valence electrons. The first-order chi connectivity index (χ1) is 6.07. The quantitative estimate of drug-likeness (QED) is 0.561. The molecule has 2 aromatic rings. The van der Waals surface area contributed by atoms with Crippen molar-refractivity contribution in [2.75, 3.05) is 0 Å². The highest BCUT2D eigenvalue weighted by Gasteiger charge is 2.18. The number of nitrogens with one attached hydrogen (secondary N) is 1. The molecule has 2 rings (SSSR count). The van der Waals surface area contributed by atoms with Gasteiger partial charge in [0.2, 0.25) is 0 Å². The number of hydrogen-bond acceptors (Lipinski definition) is 3. The Morgan fingerprint density at radius 3 is 2.92 bits per heavy atom. The first-order valence-electron chi connectivity index (χ1n) is 4.03. The molecule has 0 aliphatic carbocycles. The number of rotatable bonds is 1. The lowest BCUT2D eigenvalue weighted by atomic mass is 10.1. The average molecular weight is 177 g/mol. The summed E-state index contributed by atoms with van der Waals surface area (Å²) in [4.78, 5) is 7.13. The Bertz CT molecular complexity index is 428. The number of nitrogens with zero attached hydrogens (tertiary/aromatic N) is 1. The van der Waals surface area contributed by atoms with Crippen molar-refractivity contribution < 1.29 is 5.11 Å². The summed E-state index contributed by atoms with van der Waals surface area (Å²) in [6, 6.07) is 5.50. The van der Waals surface area contributed by atoms with E-state index < -0.39 is 5.72 Å². The van der Waals surface area contributed by atoms with Gasteiger partial charge in [-0.05, 0) is 25.1 Å². The Labute approximate surface area is 75.4 Å². The number of H-pyrrole nitrogens is 1. The fourth-order valence-corrected chi connectivity index (χ4v) is 1.21. The summed E-state index contributed by atoms with van der Waals surface area (Å²) in [5.74, 6) is 0. The third-order valence-electron chi connectivity index (χ3n) is 1.93. The first kappa shape index (κ1) is 8.22. The second-order valence-electron chi connectivity index (χ2n) is 3.26. The van der Waals surface area contributed by atoms with Crippen molar-refractivity contribution in [1.82, 2.24) is 9.97 Å². The molecule has 0 aliphatic heterocycles. The molecular weight excluding hydrogens is 166 g/mol. The summed E-state index contributed by atoms with van der Waals surface area (Å²) < 4.78 is 0. The molecule has 1 atom stereocenters. The fourth-order valence-electron chi connectivity index (χ4n) is 1.21. The zero-order valence-corrected chi connectivity index (χ0v) is 7.28. The van der Waals surface area contributed by atoms with Gasteiger partial charge in [-0.3, -0.25) is 5.73 Å². The minimum atomic E-state index is -1.38. The Morgan fingerprint density at radius 1 is 1.46 bits per heavy atom. The number of fused-ring (bicyclic) bond motifs is 1. The van der Waals surface area contributed by atoms with E-state index in [1.807, 2.05) is 12.1 Å². The van der Waals surface area contributed by atoms with Crippen LogP contribution in [0.15, 0.2) is 24.4 Å². The van der Waals surface area contributed by atoms with E-state index in [1.54, 1.807) is 12.3 Å². The summed E-state index contributed by atoms with van der Waals surface area (Å²) in [7, 11) is 0. The summed E-state index contributed by atoms with van der Waals surface area (Å²) in [6.07, 6.45) is 1.80. The topological polar surface area (TPSA) is 74.9 Å². The highest BCUT2D eigenvalue weighted by atomic mass is 16.3. The van der Waals surface area contributed by atoms with E-state index in [0.717, 1.165) is 11.0 Å². The highest BCUT2D eigenvalue weighted by molar-refractivity contribution is 5.75. The summed E-state index contributed by atoms with van der Waals surface area (Å²) in [6.45, 7) is 1.50. The molecule has 0 bridgehead atoms. The first-order valence-corrected chi connectivity index (χ1v) is 4.03. The largest absolute Gasteiger partial charge is 0.370 e. The van der Waals surface area contributed by atoms with Crippen LogP contribution in [0.25, 0.3) is 11.0 Å². The monoisotopic (exact) mass is 177 g/mol. The van der Waals surface area contributed by atoms with Crippen LogP contribution in [-0.4, -0.2) is 15.1 Å². The molecule has 0 aliphatic rings. The molecule has 4 heteroatoms. The maximum absolute atomic E-state index is 9.49. The number of aliphatic hydroxyl groups is 1. The second kappa shape index (κ2) is 2.55. The van der Waals surface area contributed by atoms with Crippen LogP contribution in [0.4, 0.5) is 0 Å². The van der Waals surface area contributed by atoms with Crippen molar-refractivity contribution in [2.24, 2.45) is 5.73 Å². The van der Waals surface area contributed by atoms with Gasteiger partial charge >= 0.3 is 0 Å². The van der Waals surface area contributed by atoms with Gasteiger partial charge in [-0.2, -0.15) is 0 Å². The van der Waals surface area contributed by atoms with Crippen molar-refractivity contribution in [3.8, 4) is 0 Å². The number of nitrogens with two attached hydrogens (primary N) is 1. The lowest BCUT2D eigenvalue weighted by Gasteiger charge is -2.15. The fraction of sp³-hybridized carbons (Fsp3) is 0.222. The van der Waals surface area contributed by atoms with Crippen molar-refractivity contribution in [3.63, 3.8) is 0 Å². The van der Waals surface area contributed by atoms with Gasteiger partial charge < -0.3 is 10.1 Å². The van der Waals surface area contributed by atoms with E-state index in [9.17, 15) is 5.11 Å². The molecule has 0 saturated heterocycles. The Hall–Kier alpha value is -1.39. The van der Waals surface area contributed by atoms with E-state index in [0.29, 0.717) is 5.69 Å². The molecule has 4 N–H and O–H groups in total. The number of aromatic amines is 1. The molecule has 13 heavy (non-hydrogen) atoms. The maximum atomic E-state index is 9.49. The molecule has 0 aromatic carbocycles. The van der Waals surface area contributed by atoms with Crippen LogP contribution in [-0.2, 0) is 5.72 Å². The zero-order valence-electron chi connectivity index (χ0n) is 7.28. The van der Waals surface area contributed by atoms with Gasteiger partial charge in [-0.25, -0.2) is 4.98 Å². The van der Waals surface area contributed by atoms with Gasteiger partial charge in [-0.15, -0.1) is 0 Å². The molecule has 0 amide bonds. The lowest BCUT2D eigenvalue weighted by Crippen LogP contribution is -2.33. The Morgan fingerprint density at radius 2 is 2.23 bits per heavy atom. The smallest absolute Gasteiger partial charge is 0.153 e. The van der Waals surface area contributed by atoms with Gasteiger partial charge in [0.25, 0.3) is 0 Å². The molecule has 2 heterocycles. The van der Waals surface area contributed by atoms with E-state index in [-0.39, 0.29) is 0 Å². The summed E-state index contributed by atoms with van der Waals surface area (Å²) >= 11 is 0. The van der Waals surface area contributed by atoms with Crippen molar-refractivity contribution in [1.29, 1.82) is 0 Å². The average Bonchev–Trinajstić information content (AvgIpc) is 2.47. The number of aromatic nitrogens is 2. The van der Waals surface area contributed by atoms with E-state index >= 15 is 0 Å². The van der Waals surface area contributed by atoms with Gasteiger partial charge in [0.1, 0.15) is 5.65 Å². The molecule has 0 fully saturated rings. The molecule has 1 unspecified atom stereocenters. The standard InChI is InChI=1S/C9H11N3O/c1-9(10,13)7-3-2-6-4-5-11-8(6)12-7/h2-5,13H,10H2,1H3,(H,11,12). The predicted molar refractivity (Wildman–Crippen MR) is 49.9 cm³/mol. The van der Waals surface area contributed by atoms with Crippen LogP contribution >= 0.6 is 0 Å². The third kappa shape index (κ3) is 1.41. The normalized spacial score (nSPS) is 15.9. The van der Waals surface area contributed by atoms with Gasteiger partial charge in [-0.1, -0.05) is 0 Å². The minimum absolute atomic E-state index is 0.461. The van der Waals surface area contributed by atoms with Crippen LogP contribution in [0.1, 0.15) is 12.6 Å². The molecule has 0 saturated carbocycles. The molecule has 0 radical (unpaired) electrons. The van der Waals surface area contributed by atoms with Gasteiger partial charge in [0.05, 0.1) is 5.69 Å². The predicted octanol–water partition coefficient (Wildman–Crippen LogP) is 0.687.